The van der Waals surface area contributed by atoms with Gasteiger partial charge in [0.25, 0.3) is 0 Å². The molecular weight excluding hydrogens is 371 g/mol. The highest BCUT2D eigenvalue weighted by Gasteiger charge is 2.73. The Kier molecular flexibility index (Phi) is 5.09. The van der Waals surface area contributed by atoms with Crippen LogP contribution in [0, 0.1) is 19.9 Å². The number of nitrogens with zero attached hydrogens (tertiary/aromatic N) is 1. The number of alkyl halides is 7. The zero-order valence-corrected chi connectivity index (χ0v) is 13.7. The first kappa shape index (κ1) is 19.6. The van der Waals surface area contributed by atoms with Gasteiger partial charge in [-0.2, -0.15) is 30.7 Å². The number of hydrogen-bond donors (Lipinski definition) is 0. The van der Waals surface area contributed by atoms with E-state index in [2.05, 4.69) is 11.1 Å². The number of rotatable bonds is 4. The topological polar surface area (TPSA) is 12.9 Å². The van der Waals surface area contributed by atoms with Crippen LogP contribution in [0.4, 0.5) is 30.7 Å². The third-order valence-corrected chi connectivity index (χ3v) is 4.32. The Morgan fingerprint density at radius 2 is 1.68 bits per heavy atom. The van der Waals surface area contributed by atoms with Crippen molar-refractivity contribution >= 4 is 11.8 Å². The van der Waals surface area contributed by atoms with Crippen molar-refractivity contribution in [2.45, 2.75) is 36.1 Å². The van der Waals surface area contributed by atoms with Crippen LogP contribution in [0.15, 0.2) is 35.5 Å². The van der Waals surface area contributed by atoms with E-state index in [1.165, 1.54) is 38.4 Å². The second kappa shape index (κ2) is 6.51. The van der Waals surface area contributed by atoms with Crippen LogP contribution >= 0.6 is 11.8 Å². The van der Waals surface area contributed by atoms with Crippen LogP contribution in [0.1, 0.15) is 11.1 Å². The van der Waals surface area contributed by atoms with E-state index in [0.717, 1.165) is 6.07 Å². The molecule has 0 unspecified atom stereocenters. The van der Waals surface area contributed by atoms with Crippen molar-refractivity contribution in [2.24, 2.45) is 0 Å². The molecule has 0 atom stereocenters. The highest BCUT2D eigenvalue weighted by atomic mass is 32.2. The average molecular weight is 382 g/mol. The molecule has 1 radical (unpaired) electrons. The summed E-state index contributed by atoms with van der Waals surface area (Å²) in [6, 6.07) is 6.91. The smallest absolute Gasteiger partial charge is 0.264 e. The highest BCUT2D eigenvalue weighted by Crippen LogP contribution is 2.55. The predicted molar refractivity (Wildman–Crippen MR) is 79.8 cm³/mol. The Morgan fingerprint density at radius 3 is 2.20 bits per heavy atom. The molecular formula is C16H11F7NS. The largest absolute Gasteiger partial charge is 0.460 e. The normalized spacial score (nSPS) is 13.2. The molecule has 25 heavy (non-hydrogen) atoms. The molecule has 1 nitrogen and oxygen atoms in total. The Hall–Kier alpha value is -1.77. The molecule has 0 aliphatic rings. The minimum absolute atomic E-state index is 0.0846. The Morgan fingerprint density at radius 1 is 1.04 bits per heavy atom. The van der Waals surface area contributed by atoms with Gasteiger partial charge in [-0.15, -0.1) is 0 Å². The van der Waals surface area contributed by atoms with Gasteiger partial charge in [0.05, 0.1) is 0 Å². The number of aromatic nitrogens is 1. The van der Waals surface area contributed by atoms with Gasteiger partial charge in [0.2, 0.25) is 0 Å². The van der Waals surface area contributed by atoms with Crippen molar-refractivity contribution < 1.29 is 30.7 Å². The fourth-order valence-electron chi connectivity index (χ4n) is 2.17. The van der Waals surface area contributed by atoms with Gasteiger partial charge >= 0.3 is 17.4 Å². The number of hydrogen-bond acceptors (Lipinski definition) is 2. The minimum Gasteiger partial charge on any atom is -0.264 e. The molecule has 0 N–H and O–H groups in total. The molecule has 0 spiro atoms. The van der Waals surface area contributed by atoms with Crippen LogP contribution < -0.4 is 0 Å². The summed E-state index contributed by atoms with van der Waals surface area (Å²) in [6.45, 7) is 2.98. The first-order chi connectivity index (χ1) is 11.4. The summed E-state index contributed by atoms with van der Waals surface area (Å²) in [4.78, 5) is 3.40. The molecule has 1 aromatic carbocycles. The van der Waals surface area contributed by atoms with Gasteiger partial charge in [-0.05, 0) is 54.9 Å². The molecule has 0 aliphatic heterocycles. The van der Waals surface area contributed by atoms with E-state index in [0.29, 0.717) is 16.7 Å². The van der Waals surface area contributed by atoms with E-state index in [4.69, 9.17) is 0 Å². The Balaban J connectivity index is 2.57. The number of benzene rings is 1. The molecule has 2 aromatic rings. The van der Waals surface area contributed by atoms with Crippen molar-refractivity contribution in [3.05, 3.63) is 47.8 Å². The maximum Gasteiger partial charge on any atom is 0.460 e. The summed E-state index contributed by atoms with van der Waals surface area (Å²) in [5.41, 5.74) is 1.06. The Bertz CT molecular complexity index is 757. The lowest BCUT2D eigenvalue weighted by molar-refractivity contribution is -0.330. The second-order valence-corrected chi connectivity index (χ2v) is 6.41. The van der Waals surface area contributed by atoms with Gasteiger partial charge in [-0.3, -0.25) is 4.98 Å². The SMILES string of the molecule is Cc1[c]c(C)c(-c2cccnc2)c(SC(F)(F)C(F)(F)C(F)(F)F)c1. The van der Waals surface area contributed by atoms with Crippen LogP contribution in [0.5, 0.6) is 0 Å². The van der Waals surface area contributed by atoms with E-state index in [1.807, 2.05) is 0 Å². The summed E-state index contributed by atoms with van der Waals surface area (Å²) in [5, 5.41) is -5.39. The molecule has 0 bridgehead atoms. The Labute approximate surface area is 143 Å². The monoisotopic (exact) mass is 382 g/mol. The van der Waals surface area contributed by atoms with Gasteiger partial charge in [0, 0.05) is 28.4 Å². The lowest BCUT2D eigenvalue weighted by atomic mass is 10.00. The quantitative estimate of drug-likeness (QED) is 0.472. The number of halogens is 7. The van der Waals surface area contributed by atoms with Crippen molar-refractivity contribution in [3.63, 3.8) is 0 Å². The van der Waals surface area contributed by atoms with Crippen molar-refractivity contribution in [3.8, 4) is 11.1 Å². The van der Waals surface area contributed by atoms with Crippen LogP contribution in [0.25, 0.3) is 11.1 Å². The molecule has 9 heteroatoms. The minimum atomic E-state index is -6.37. The molecule has 1 heterocycles. The molecule has 1 aromatic heterocycles. The van der Waals surface area contributed by atoms with Crippen molar-refractivity contribution in [1.82, 2.24) is 4.98 Å². The standard InChI is InChI=1S/C16H11F7NS/c1-9-6-10(2)13(11-4-3-5-24-8-11)12(7-9)25-16(22,23)14(17,18)15(19,20)21/h3-5,7-8H,1-2H3. The summed E-state index contributed by atoms with van der Waals surface area (Å²) < 4.78 is 91.1. The zero-order chi connectivity index (χ0) is 19.0. The van der Waals surface area contributed by atoms with Crippen LogP contribution in [-0.4, -0.2) is 22.3 Å². The molecule has 0 saturated heterocycles. The first-order valence-corrected chi connectivity index (χ1v) is 7.64. The fourth-order valence-corrected chi connectivity index (χ4v) is 3.29. The van der Waals surface area contributed by atoms with Crippen LogP contribution in [0.2, 0.25) is 0 Å². The molecule has 0 fully saturated rings. The van der Waals surface area contributed by atoms with Gasteiger partial charge in [-0.1, -0.05) is 6.07 Å². The third-order valence-electron chi connectivity index (χ3n) is 3.26. The lowest BCUT2D eigenvalue weighted by Crippen LogP contribution is -2.49. The van der Waals surface area contributed by atoms with Gasteiger partial charge in [-0.25, -0.2) is 0 Å². The molecule has 0 amide bonds. The molecule has 2 rings (SSSR count). The third kappa shape index (κ3) is 3.75. The van der Waals surface area contributed by atoms with Gasteiger partial charge in [0.1, 0.15) is 0 Å². The zero-order valence-electron chi connectivity index (χ0n) is 12.9. The maximum absolute atomic E-state index is 13.8. The predicted octanol–water partition coefficient (Wildman–Crippen LogP) is 6.05. The number of thioether (sulfide) groups is 1. The number of aryl methyl sites for hydroxylation is 2. The summed E-state index contributed by atoms with van der Waals surface area (Å²) in [7, 11) is 0. The van der Waals surface area contributed by atoms with E-state index in [-0.39, 0.29) is 5.56 Å². The average Bonchev–Trinajstić information content (AvgIpc) is 2.45. The summed E-state index contributed by atoms with van der Waals surface area (Å²) in [6.07, 6.45) is -3.66. The van der Waals surface area contributed by atoms with Crippen molar-refractivity contribution in [1.29, 1.82) is 0 Å². The van der Waals surface area contributed by atoms with E-state index >= 15 is 0 Å². The van der Waals surface area contributed by atoms with Gasteiger partial charge < -0.3 is 0 Å². The second-order valence-electron chi connectivity index (χ2n) is 5.25. The maximum atomic E-state index is 13.8. The van der Waals surface area contributed by atoms with Crippen LogP contribution in [0.3, 0.4) is 0 Å². The van der Waals surface area contributed by atoms with Crippen LogP contribution in [-0.2, 0) is 0 Å². The molecule has 0 aliphatic carbocycles. The first-order valence-electron chi connectivity index (χ1n) is 6.82. The molecule has 0 saturated carbocycles. The lowest BCUT2D eigenvalue weighted by Gasteiger charge is -2.28. The highest BCUT2D eigenvalue weighted by molar-refractivity contribution is 8.00. The summed E-state index contributed by atoms with van der Waals surface area (Å²) >= 11 is -0.822. The van der Waals surface area contributed by atoms with E-state index in [9.17, 15) is 30.7 Å². The fraction of sp³-hybridized carbons (Fsp3) is 0.312. The van der Waals surface area contributed by atoms with Crippen molar-refractivity contribution in [2.75, 3.05) is 0 Å². The van der Waals surface area contributed by atoms with E-state index < -0.39 is 34.0 Å². The molecule has 135 valence electrons. The number of pyridine rings is 1. The van der Waals surface area contributed by atoms with Gasteiger partial charge in [0.15, 0.2) is 0 Å². The summed E-state index contributed by atoms with van der Waals surface area (Å²) in [5.74, 6) is -6.18. The van der Waals surface area contributed by atoms with E-state index in [1.54, 1.807) is 0 Å².